The van der Waals surface area contributed by atoms with Gasteiger partial charge in [-0.05, 0) is 30.3 Å². The molecule has 0 saturated carbocycles. The van der Waals surface area contributed by atoms with E-state index in [-0.39, 0.29) is 11.1 Å². The Hall–Kier alpha value is -2.42. The number of para-hydroxylation sites is 1. The molecule has 0 atom stereocenters. The van der Waals surface area contributed by atoms with E-state index in [1.54, 1.807) is 24.7 Å². The third-order valence-corrected chi connectivity index (χ3v) is 2.12. The zero-order valence-corrected chi connectivity index (χ0v) is 8.84. The molecular weight excluding hydrogens is 216 g/mol. The van der Waals surface area contributed by atoms with Gasteiger partial charge in [0.1, 0.15) is 11.5 Å². The van der Waals surface area contributed by atoms with Gasteiger partial charge in [0.05, 0.1) is 0 Å². The molecule has 3 nitrogen and oxygen atoms in total. The summed E-state index contributed by atoms with van der Waals surface area (Å²) >= 11 is 0. The van der Waals surface area contributed by atoms with Crippen LogP contribution < -0.4 is 4.74 Å². The maximum absolute atomic E-state index is 10.6. The summed E-state index contributed by atoms with van der Waals surface area (Å²) in [6.07, 6.45) is 3.44. The maximum Gasteiger partial charge on any atom is 0.233 e. The van der Waals surface area contributed by atoms with Gasteiger partial charge in [0, 0.05) is 11.1 Å². The van der Waals surface area contributed by atoms with Gasteiger partial charge in [-0.1, -0.05) is 18.2 Å². The monoisotopic (exact) mass is 224 g/mol. The summed E-state index contributed by atoms with van der Waals surface area (Å²) in [4.78, 5) is 21.1. The number of carbonyl (C=O) groups excluding carboxylic acids is 2. The standard InChI is InChI=1S/C14H8O3/c15-9-11-6-12(10-16)8-14(7-11)17-13-4-2-1-3-5-13/h1-8H. The van der Waals surface area contributed by atoms with Gasteiger partial charge >= 0.3 is 0 Å². The van der Waals surface area contributed by atoms with Crippen LogP contribution >= 0.6 is 0 Å². The van der Waals surface area contributed by atoms with Gasteiger partial charge in [0.25, 0.3) is 0 Å². The molecule has 0 unspecified atom stereocenters. The summed E-state index contributed by atoms with van der Waals surface area (Å²) in [5.74, 6) is 1.04. The summed E-state index contributed by atoms with van der Waals surface area (Å²) in [7, 11) is 0. The first-order valence-electron chi connectivity index (χ1n) is 4.96. The van der Waals surface area contributed by atoms with Crippen LogP contribution in [0, 0.1) is 0 Å². The van der Waals surface area contributed by atoms with Crippen molar-refractivity contribution in [3.8, 4) is 11.5 Å². The highest BCUT2D eigenvalue weighted by atomic mass is 16.5. The SMILES string of the molecule is O=[C]c1cc([C]=O)cc(Oc2ccccc2)c1. The normalized spacial score (nSPS) is 9.65. The van der Waals surface area contributed by atoms with E-state index in [0.717, 1.165) is 0 Å². The lowest BCUT2D eigenvalue weighted by Gasteiger charge is -2.06. The summed E-state index contributed by atoms with van der Waals surface area (Å²) in [5.41, 5.74) is 0.522. The van der Waals surface area contributed by atoms with E-state index < -0.39 is 0 Å². The Morgan fingerprint density at radius 3 is 1.88 bits per heavy atom. The second-order valence-corrected chi connectivity index (χ2v) is 3.37. The van der Waals surface area contributed by atoms with E-state index in [1.165, 1.54) is 18.2 Å². The van der Waals surface area contributed by atoms with Crippen LogP contribution in [0.5, 0.6) is 11.5 Å². The fourth-order valence-corrected chi connectivity index (χ4v) is 1.40. The molecule has 3 heteroatoms. The summed E-state index contributed by atoms with van der Waals surface area (Å²) < 4.78 is 5.51. The van der Waals surface area contributed by atoms with Gasteiger partial charge in [0.15, 0.2) is 0 Å². The van der Waals surface area contributed by atoms with Crippen molar-refractivity contribution in [2.45, 2.75) is 0 Å². The number of ether oxygens (including phenoxy) is 1. The minimum absolute atomic E-state index is 0.261. The fourth-order valence-electron chi connectivity index (χ4n) is 1.40. The van der Waals surface area contributed by atoms with Gasteiger partial charge in [-0.2, -0.15) is 0 Å². The van der Waals surface area contributed by atoms with E-state index in [2.05, 4.69) is 0 Å². The molecular formula is C14H8O3. The molecule has 0 saturated heterocycles. The average Bonchev–Trinajstić information content (AvgIpc) is 2.39. The van der Waals surface area contributed by atoms with E-state index >= 15 is 0 Å². The third kappa shape index (κ3) is 2.78. The zero-order valence-electron chi connectivity index (χ0n) is 8.84. The van der Waals surface area contributed by atoms with Crippen molar-refractivity contribution in [3.05, 3.63) is 59.7 Å². The van der Waals surface area contributed by atoms with Gasteiger partial charge in [-0.3, -0.25) is 9.59 Å². The average molecular weight is 224 g/mol. The van der Waals surface area contributed by atoms with Crippen LogP contribution in [-0.2, 0) is 9.59 Å². The highest BCUT2D eigenvalue weighted by molar-refractivity contribution is 5.83. The predicted octanol–water partition coefficient (Wildman–Crippen LogP) is 2.39. The molecule has 82 valence electrons. The molecule has 0 spiro atoms. The molecule has 0 aromatic heterocycles. The quantitative estimate of drug-likeness (QED) is 0.800. The van der Waals surface area contributed by atoms with Crippen molar-refractivity contribution in [2.24, 2.45) is 0 Å². The zero-order chi connectivity index (χ0) is 12.1. The van der Waals surface area contributed by atoms with Crippen molar-refractivity contribution in [1.29, 1.82) is 0 Å². The Balaban J connectivity index is 2.32. The largest absolute Gasteiger partial charge is 0.457 e. The summed E-state index contributed by atoms with van der Waals surface area (Å²) in [6, 6.07) is 13.5. The molecule has 2 radical (unpaired) electrons. The Morgan fingerprint density at radius 2 is 1.35 bits per heavy atom. The summed E-state index contributed by atoms with van der Waals surface area (Å²) in [5, 5.41) is 0. The first-order valence-corrected chi connectivity index (χ1v) is 4.96. The second-order valence-electron chi connectivity index (χ2n) is 3.37. The van der Waals surface area contributed by atoms with Crippen LogP contribution in [0.3, 0.4) is 0 Å². The molecule has 0 bridgehead atoms. The second kappa shape index (κ2) is 5.07. The predicted molar refractivity (Wildman–Crippen MR) is 62.5 cm³/mol. The van der Waals surface area contributed by atoms with Crippen LogP contribution in [0.25, 0.3) is 0 Å². The van der Waals surface area contributed by atoms with Crippen molar-refractivity contribution >= 4 is 12.6 Å². The number of hydrogen-bond acceptors (Lipinski definition) is 3. The molecule has 0 heterocycles. The first-order chi connectivity index (χ1) is 8.31. The Labute approximate surface area is 98.7 Å². The maximum atomic E-state index is 10.6. The summed E-state index contributed by atoms with van der Waals surface area (Å²) in [6.45, 7) is 0. The van der Waals surface area contributed by atoms with Crippen LogP contribution in [0.4, 0.5) is 0 Å². The lowest BCUT2D eigenvalue weighted by molar-refractivity contribution is 0.482. The molecule has 2 rings (SSSR count). The van der Waals surface area contributed by atoms with Crippen LogP contribution in [-0.4, -0.2) is 12.6 Å². The first kappa shape index (κ1) is 11.1. The van der Waals surface area contributed by atoms with E-state index in [1.807, 2.05) is 18.2 Å². The van der Waals surface area contributed by atoms with E-state index in [9.17, 15) is 9.59 Å². The van der Waals surface area contributed by atoms with Gasteiger partial charge in [-0.25, -0.2) is 0 Å². The molecule has 2 aromatic rings. The van der Waals surface area contributed by atoms with Gasteiger partial charge in [0.2, 0.25) is 12.6 Å². The molecule has 2 aromatic carbocycles. The number of benzene rings is 2. The minimum Gasteiger partial charge on any atom is -0.457 e. The Morgan fingerprint density at radius 1 is 0.765 bits per heavy atom. The molecule has 0 aliphatic heterocycles. The van der Waals surface area contributed by atoms with Crippen LogP contribution in [0.1, 0.15) is 11.1 Å². The number of hydrogen-bond donors (Lipinski definition) is 0. The van der Waals surface area contributed by atoms with Gasteiger partial charge in [-0.15, -0.1) is 0 Å². The molecule has 0 amide bonds. The van der Waals surface area contributed by atoms with Crippen molar-refractivity contribution in [1.82, 2.24) is 0 Å². The third-order valence-electron chi connectivity index (χ3n) is 2.12. The molecule has 0 fully saturated rings. The molecule has 0 aliphatic rings. The topological polar surface area (TPSA) is 43.4 Å². The Bertz CT molecular complexity index is 506. The highest BCUT2D eigenvalue weighted by Crippen LogP contribution is 2.22. The molecule has 17 heavy (non-hydrogen) atoms. The van der Waals surface area contributed by atoms with Crippen molar-refractivity contribution in [2.75, 3.05) is 0 Å². The van der Waals surface area contributed by atoms with Gasteiger partial charge < -0.3 is 4.74 Å². The van der Waals surface area contributed by atoms with Crippen LogP contribution in [0.2, 0.25) is 0 Å². The number of rotatable bonds is 4. The van der Waals surface area contributed by atoms with E-state index in [4.69, 9.17) is 4.74 Å². The fraction of sp³-hybridized carbons (Fsp3) is 0. The van der Waals surface area contributed by atoms with Crippen molar-refractivity contribution < 1.29 is 14.3 Å². The smallest absolute Gasteiger partial charge is 0.233 e. The lowest BCUT2D eigenvalue weighted by Crippen LogP contribution is -1.90. The molecule has 0 aliphatic carbocycles. The highest BCUT2D eigenvalue weighted by Gasteiger charge is 2.03. The van der Waals surface area contributed by atoms with Crippen molar-refractivity contribution in [3.63, 3.8) is 0 Å². The molecule has 0 N–H and O–H groups in total. The van der Waals surface area contributed by atoms with Crippen LogP contribution in [0.15, 0.2) is 48.5 Å². The lowest BCUT2D eigenvalue weighted by atomic mass is 10.1. The Kier molecular flexibility index (Phi) is 3.31. The van der Waals surface area contributed by atoms with E-state index in [0.29, 0.717) is 11.5 Å². The minimum atomic E-state index is 0.261.